The number of hydrogen-bond donors (Lipinski definition) is 2. The van der Waals surface area contributed by atoms with E-state index in [-0.39, 0.29) is 23.8 Å². The maximum Gasteiger partial charge on any atom is 0.243 e. The Balaban J connectivity index is 0.00000242. The second kappa shape index (κ2) is 7.15. The molecule has 0 aliphatic carbocycles. The van der Waals surface area contributed by atoms with Gasteiger partial charge in [0.1, 0.15) is 4.90 Å². The molecule has 0 aliphatic rings. The van der Waals surface area contributed by atoms with Gasteiger partial charge in [-0.25, -0.2) is 23.1 Å². The van der Waals surface area contributed by atoms with Crippen molar-refractivity contribution >= 4 is 22.4 Å². The molecular formula is C14H19ClN4O2S. The molecule has 0 atom stereocenters. The van der Waals surface area contributed by atoms with Crippen molar-refractivity contribution in [3.63, 3.8) is 0 Å². The molecule has 0 bridgehead atoms. The minimum absolute atomic E-state index is 0. The Morgan fingerprint density at radius 3 is 2.18 bits per heavy atom. The average molecular weight is 343 g/mol. The van der Waals surface area contributed by atoms with E-state index in [0.717, 1.165) is 5.56 Å². The van der Waals surface area contributed by atoms with Gasteiger partial charge >= 0.3 is 0 Å². The lowest BCUT2D eigenvalue weighted by Gasteiger charge is -2.18. The van der Waals surface area contributed by atoms with Crippen LogP contribution in [0.3, 0.4) is 0 Å². The van der Waals surface area contributed by atoms with Gasteiger partial charge in [-0.15, -0.1) is 12.4 Å². The van der Waals surface area contributed by atoms with Crippen LogP contribution in [0.25, 0.3) is 11.4 Å². The summed E-state index contributed by atoms with van der Waals surface area (Å²) in [6.07, 6.45) is 2.59. The number of nitrogens with zero attached hydrogens (tertiary/aromatic N) is 2. The number of halogens is 1. The molecule has 3 N–H and O–H groups in total. The number of rotatable bonds is 5. The summed E-state index contributed by atoms with van der Waals surface area (Å²) in [7, 11) is -3.65. The van der Waals surface area contributed by atoms with Crippen molar-refractivity contribution in [2.24, 2.45) is 5.73 Å². The summed E-state index contributed by atoms with van der Waals surface area (Å²) in [6, 6.07) is 9.35. The van der Waals surface area contributed by atoms with E-state index >= 15 is 0 Å². The Bertz CT molecular complexity index is 698. The third kappa shape index (κ3) is 5.03. The number of nitrogens with two attached hydrogens (primary N) is 1. The average Bonchev–Trinajstić information content (AvgIpc) is 2.46. The van der Waals surface area contributed by atoms with E-state index in [1.54, 1.807) is 13.8 Å². The number of aromatic nitrogens is 2. The van der Waals surface area contributed by atoms with Gasteiger partial charge in [-0.3, -0.25) is 0 Å². The Hall–Kier alpha value is -1.54. The van der Waals surface area contributed by atoms with E-state index < -0.39 is 15.6 Å². The van der Waals surface area contributed by atoms with Crippen molar-refractivity contribution < 1.29 is 8.42 Å². The van der Waals surface area contributed by atoms with Crippen LogP contribution in [0, 0.1) is 0 Å². The van der Waals surface area contributed by atoms with Crippen LogP contribution in [-0.4, -0.2) is 30.5 Å². The fourth-order valence-corrected chi connectivity index (χ4v) is 2.67. The van der Waals surface area contributed by atoms with Crippen LogP contribution in [0.2, 0.25) is 0 Å². The third-order valence-electron chi connectivity index (χ3n) is 2.69. The molecule has 0 aliphatic heterocycles. The van der Waals surface area contributed by atoms with Gasteiger partial charge in [-0.2, -0.15) is 0 Å². The maximum absolute atomic E-state index is 12.1. The topological polar surface area (TPSA) is 98.0 Å². The van der Waals surface area contributed by atoms with E-state index in [0.29, 0.717) is 5.82 Å². The van der Waals surface area contributed by atoms with Crippen molar-refractivity contribution in [3.05, 3.63) is 42.7 Å². The molecule has 0 saturated heterocycles. The highest BCUT2D eigenvalue weighted by molar-refractivity contribution is 7.89. The zero-order valence-corrected chi connectivity index (χ0v) is 14.0. The predicted molar refractivity (Wildman–Crippen MR) is 88.2 cm³/mol. The largest absolute Gasteiger partial charge is 0.324 e. The molecule has 0 saturated carbocycles. The van der Waals surface area contributed by atoms with Crippen LogP contribution in [0.4, 0.5) is 0 Å². The van der Waals surface area contributed by atoms with Gasteiger partial charge in [0.2, 0.25) is 10.0 Å². The molecule has 120 valence electrons. The summed E-state index contributed by atoms with van der Waals surface area (Å²) in [5.41, 5.74) is 5.97. The fourth-order valence-electron chi connectivity index (χ4n) is 1.56. The molecule has 0 unspecified atom stereocenters. The fraction of sp³-hybridized carbons (Fsp3) is 0.286. The molecule has 1 aromatic carbocycles. The van der Waals surface area contributed by atoms with Crippen LogP contribution >= 0.6 is 12.4 Å². The summed E-state index contributed by atoms with van der Waals surface area (Å²) in [4.78, 5) is 8.22. The lowest BCUT2D eigenvalue weighted by atomic mass is 10.1. The van der Waals surface area contributed by atoms with Crippen LogP contribution in [0.1, 0.15) is 13.8 Å². The van der Waals surface area contributed by atoms with Gasteiger partial charge < -0.3 is 5.73 Å². The molecule has 0 radical (unpaired) electrons. The van der Waals surface area contributed by atoms with Gasteiger partial charge in [0.25, 0.3) is 0 Å². The minimum atomic E-state index is -3.65. The molecule has 6 nitrogen and oxygen atoms in total. The zero-order valence-electron chi connectivity index (χ0n) is 12.4. The van der Waals surface area contributed by atoms with Crippen molar-refractivity contribution in [1.82, 2.24) is 14.7 Å². The molecule has 8 heteroatoms. The molecule has 2 aromatic rings. The highest BCUT2D eigenvalue weighted by Gasteiger charge is 2.19. The number of sulfonamides is 1. The summed E-state index contributed by atoms with van der Waals surface area (Å²) >= 11 is 0. The molecule has 22 heavy (non-hydrogen) atoms. The molecule has 1 aromatic heterocycles. The van der Waals surface area contributed by atoms with Crippen LogP contribution in [0.15, 0.2) is 47.6 Å². The monoisotopic (exact) mass is 342 g/mol. The van der Waals surface area contributed by atoms with Gasteiger partial charge in [-0.1, -0.05) is 30.3 Å². The molecule has 0 fully saturated rings. The van der Waals surface area contributed by atoms with E-state index in [9.17, 15) is 8.42 Å². The van der Waals surface area contributed by atoms with Gasteiger partial charge in [0, 0.05) is 17.6 Å². The molecular weight excluding hydrogens is 324 g/mol. The Morgan fingerprint density at radius 1 is 1.14 bits per heavy atom. The zero-order chi connectivity index (χ0) is 15.5. The van der Waals surface area contributed by atoms with Crippen LogP contribution < -0.4 is 10.5 Å². The SMILES string of the molecule is CC(C)(N)CNS(=O)(=O)c1cnc(-c2ccccc2)nc1.Cl. The number of nitrogens with one attached hydrogen (secondary N) is 1. The molecule has 0 spiro atoms. The second-order valence-electron chi connectivity index (χ2n) is 5.42. The summed E-state index contributed by atoms with van der Waals surface area (Å²) in [5, 5.41) is 0. The lowest BCUT2D eigenvalue weighted by Crippen LogP contribution is -2.45. The quantitative estimate of drug-likeness (QED) is 0.859. The van der Waals surface area contributed by atoms with E-state index in [1.807, 2.05) is 30.3 Å². The smallest absolute Gasteiger partial charge is 0.243 e. The van der Waals surface area contributed by atoms with Gasteiger partial charge in [0.05, 0.1) is 12.4 Å². The van der Waals surface area contributed by atoms with Crippen molar-refractivity contribution in [1.29, 1.82) is 0 Å². The predicted octanol–water partition coefficient (Wildman–Crippen LogP) is 1.58. The normalized spacial score (nSPS) is 11.8. The first kappa shape index (κ1) is 18.5. The van der Waals surface area contributed by atoms with Gasteiger partial charge in [-0.05, 0) is 13.8 Å². The van der Waals surface area contributed by atoms with Crippen LogP contribution in [0.5, 0.6) is 0 Å². The number of benzene rings is 1. The first-order chi connectivity index (χ1) is 9.78. The highest BCUT2D eigenvalue weighted by Crippen LogP contribution is 2.15. The summed E-state index contributed by atoms with van der Waals surface area (Å²) in [6.45, 7) is 3.62. The van der Waals surface area contributed by atoms with Crippen molar-refractivity contribution in [2.75, 3.05) is 6.54 Å². The van der Waals surface area contributed by atoms with E-state index in [2.05, 4.69) is 14.7 Å². The number of hydrogen-bond acceptors (Lipinski definition) is 5. The maximum atomic E-state index is 12.1. The highest BCUT2D eigenvalue weighted by atomic mass is 35.5. The Labute approximate surface area is 136 Å². The van der Waals surface area contributed by atoms with Crippen molar-refractivity contribution in [3.8, 4) is 11.4 Å². The lowest BCUT2D eigenvalue weighted by molar-refractivity contribution is 0.497. The molecule has 2 rings (SSSR count). The van der Waals surface area contributed by atoms with Crippen LogP contribution in [-0.2, 0) is 10.0 Å². The summed E-state index contributed by atoms with van der Waals surface area (Å²) in [5.74, 6) is 0.480. The first-order valence-corrected chi connectivity index (χ1v) is 7.92. The Kier molecular flexibility index (Phi) is 6.01. The second-order valence-corrected chi connectivity index (χ2v) is 7.19. The third-order valence-corrected chi connectivity index (χ3v) is 4.04. The molecule has 0 amide bonds. The van der Waals surface area contributed by atoms with Crippen molar-refractivity contribution in [2.45, 2.75) is 24.3 Å². The minimum Gasteiger partial charge on any atom is -0.324 e. The standard InChI is InChI=1S/C14H18N4O2S.ClH/c1-14(2,15)10-18-21(19,20)12-8-16-13(17-9-12)11-6-4-3-5-7-11;/h3-9,18H,10,15H2,1-2H3;1H. The van der Waals surface area contributed by atoms with E-state index in [1.165, 1.54) is 12.4 Å². The first-order valence-electron chi connectivity index (χ1n) is 6.44. The summed E-state index contributed by atoms with van der Waals surface area (Å²) < 4.78 is 26.6. The van der Waals surface area contributed by atoms with E-state index in [4.69, 9.17) is 5.73 Å². The van der Waals surface area contributed by atoms with Gasteiger partial charge in [0.15, 0.2) is 5.82 Å². The Morgan fingerprint density at radius 2 is 1.68 bits per heavy atom. The molecule has 1 heterocycles.